The maximum Gasteiger partial charge on any atom is 0.214 e. The Bertz CT molecular complexity index is 443. The standard InChI is InChI=1S/C16H34N4O2S.HI/c1-3-4-5-6-7-8-9-11-18-16(17-2)19-12-14-20-13-10-15-23(20,21)22;/h3-15H2,1-2H3,(H2,17,18,19);1H. The van der Waals surface area contributed by atoms with E-state index >= 15 is 0 Å². The molecule has 2 N–H and O–H groups in total. The van der Waals surface area contributed by atoms with Gasteiger partial charge in [-0.15, -0.1) is 24.0 Å². The van der Waals surface area contributed by atoms with Crippen molar-refractivity contribution in [1.29, 1.82) is 0 Å². The normalized spacial score (nSPS) is 17.5. The van der Waals surface area contributed by atoms with E-state index in [1.807, 2.05) is 0 Å². The largest absolute Gasteiger partial charge is 0.356 e. The van der Waals surface area contributed by atoms with Crippen LogP contribution in [0.2, 0.25) is 0 Å². The van der Waals surface area contributed by atoms with Gasteiger partial charge in [0.2, 0.25) is 10.0 Å². The zero-order chi connectivity index (χ0) is 17.0. The Hall–Kier alpha value is -0.0900. The summed E-state index contributed by atoms with van der Waals surface area (Å²) < 4.78 is 25.0. The molecule has 0 atom stereocenters. The highest BCUT2D eigenvalue weighted by atomic mass is 127. The van der Waals surface area contributed by atoms with Crippen LogP contribution in [0.15, 0.2) is 4.99 Å². The number of sulfonamides is 1. The molecule has 0 unspecified atom stereocenters. The third-order valence-corrected chi connectivity index (χ3v) is 6.11. The molecule has 0 saturated carbocycles. The second-order valence-corrected chi connectivity index (χ2v) is 8.20. The minimum Gasteiger partial charge on any atom is -0.356 e. The van der Waals surface area contributed by atoms with E-state index in [2.05, 4.69) is 22.5 Å². The fourth-order valence-corrected chi connectivity index (χ4v) is 4.28. The molecular formula is C16H35IN4O2S. The van der Waals surface area contributed by atoms with Crippen LogP contribution in [0, 0.1) is 0 Å². The first kappa shape index (κ1) is 23.9. The molecule has 1 fully saturated rings. The van der Waals surface area contributed by atoms with Crippen LogP contribution in [0.1, 0.15) is 58.3 Å². The second kappa shape index (κ2) is 14.1. The zero-order valence-electron chi connectivity index (χ0n) is 15.2. The third-order valence-electron chi connectivity index (χ3n) is 4.15. The summed E-state index contributed by atoms with van der Waals surface area (Å²) in [5, 5.41) is 6.47. The molecule has 24 heavy (non-hydrogen) atoms. The molecule has 0 spiro atoms. The van der Waals surface area contributed by atoms with Crippen LogP contribution >= 0.6 is 24.0 Å². The zero-order valence-corrected chi connectivity index (χ0v) is 18.4. The molecule has 1 aliphatic rings. The van der Waals surface area contributed by atoms with E-state index in [9.17, 15) is 8.42 Å². The molecule has 0 aromatic heterocycles. The number of guanidine groups is 1. The smallest absolute Gasteiger partial charge is 0.214 e. The summed E-state index contributed by atoms with van der Waals surface area (Å²) in [5.41, 5.74) is 0. The van der Waals surface area contributed by atoms with Gasteiger partial charge in [-0.25, -0.2) is 12.7 Å². The van der Waals surface area contributed by atoms with Gasteiger partial charge in [0.1, 0.15) is 0 Å². The van der Waals surface area contributed by atoms with Gasteiger partial charge in [-0.3, -0.25) is 4.99 Å². The topological polar surface area (TPSA) is 73.8 Å². The summed E-state index contributed by atoms with van der Waals surface area (Å²) >= 11 is 0. The lowest BCUT2D eigenvalue weighted by Crippen LogP contribution is -2.42. The predicted molar refractivity (Wildman–Crippen MR) is 113 cm³/mol. The average molecular weight is 474 g/mol. The molecule has 1 aliphatic heterocycles. The highest BCUT2D eigenvalue weighted by Crippen LogP contribution is 2.11. The number of hydrogen-bond donors (Lipinski definition) is 2. The lowest BCUT2D eigenvalue weighted by atomic mass is 10.1. The van der Waals surface area contributed by atoms with Crippen molar-refractivity contribution in [2.24, 2.45) is 4.99 Å². The highest BCUT2D eigenvalue weighted by molar-refractivity contribution is 14.0. The van der Waals surface area contributed by atoms with E-state index in [4.69, 9.17) is 0 Å². The Morgan fingerprint density at radius 1 is 1.04 bits per heavy atom. The van der Waals surface area contributed by atoms with Crippen LogP contribution in [-0.4, -0.2) is 57.7 Å². The first-order valence-electron chi connectivity index (χ1n) is 9.02. The van der Waals surface area contributed by atoms with Gasteiger partial charge in [0, 0.05) is 33.2 Å². The molecule has 0 bridgehead atoms. The summed E-state index contributed by atoms with van der Waals surface area (Å²) in [4.78, 5) is 4.17. The van der Waals surface area contributed by atoms with E-state index in [0.29, 0.717) is 19.6 Å². The molecule has 0 radical (unpaired) electrons. The molecule has 8 heteroatoms. The quantitative estimate of drug-likeness (QED) is 0.209. The minimum absolute atomic E-state index is 0. The molecule has 0 aromatic carbocycles. The van der Waals surface area contributed by atoms with Gasteiger partial charge in [-0.1, -0.05) is 45.4 Å². The van der Waals surface area contributed by atoms with Crippen molar-refractivity contribution in [2.45, 2.75) is 58.3 Å². The second-order valence-electron chi connectivity index (χ2n) is 6.12. The predicted octanol–water partition coefficient (Wildman–Crippen LogP) is 2.56. The van der Waals surface area contributed by atoms with Crippen molar-refractivity contribution in [1.82, 2.24) is 14.9 Å². The monoisotopic (exact) mass is 474 g/mol. The van der Waals surface area contributed by atoms with Gasteiger partial charge < -0.3 is 10.6 Å². The summed E-state index contributed by atoms with van der Waals surface area (Å²) in [6.45, 7) is 4.90. The van der Waals surface area contributed by atoms with Gasteiger partial charge in [0.15, 0.2) is 5.96 Å². The van der Waals surface area contributed by atoms with Crippen LogP contribution in [0.4, 0.5) is 0 Å². The number of unbranched alkanes of at least 4 members (excludes halogenated alkanes) is 6. The van der Waals surface area contributed by atoms with Crippen molar-refractivity contribution in [2.75, 3.05) is 39.0 Å². The van der Waals surface area contributed by atoms with Crippen molar-refractivity contribution in [3.63, 3.8) is 0 Å². The first-order chi connectivity index (χ1) is 11.1. The van der Waals surface area contributed by atoms with Crippen molar-refractivity contribution in [3.8, 4) is 0 Å². The van der Waals surface area contributed by atoms with Crippen LogP contribution in [0.5, 0.6) is 0 Å². The Morgan fingerprint density at radius 3 is 2.25 bits per heavy atom. The van der Waals surface area contributed by atoms with Gasteiger partial charge >= 0.3 is 0 Å². The lowest BCUT2D eigenvalue weighted by molar-refractivity contribution is 0.445. The first-order valence-corrected chi connectivity index (χ1v) is 10.6. The van der Waals surface area contributed by atoms with Crippen LogP contribution < -0.4 is 10.6 Å². The summed E-state index contributed by atoms with van der Waals surface area (Å²) in [7, 11) is -1.25. The van der Waals surface area contributed by atoms with E-state index in [0.717, 1.165) is 25.3 Å². The SMILES string of the molecule is CCCCCCCCCNC(=NC)NCCN1CCCS1(=O)=O.I. The third kappa shape index (κ3) is 10.0. The maximum atomic E-state index is 11.7. The fourth-order valence-electron chi connectivity index (χ4n) is 2.75. The van der Waals surface area contributed by atoms with Gasteiger partial charge in [0.25, 0.3) is 0 Å². The summed E-state index contributed by atoms with van der Waals surface area (Å²) in [6.07, 6.45) is 9.78. The van der Waals surface area contributed by atoms with Crippen LogP contribution in [0.3, 0.4) is 0 Å². The summed E-state index contributed by atoms with van der Waals surface area (Å²) in [6, 6.07) is 0. The van der Waals surface area contributed by atoms with E-state index < -0.39 is 10.0 Å². The number of aliphatic imine (C=N–C) groups is 1. The summed E-state index contributed by atoms with van der Waals surface area (Å²) in [5.74, 6) is 1.05. The molecule has 6 nitrogen and oxygen atoms in total. The van der Waals surface area contributed by atoms with E-state index in [-0.39, 0.29) is 29.7 Å². The van der Waals surface area contributed by atoms with Gasteiger partial charge in [0.05, 0.1) is 5.75 Å². The Labute approximate surface area is 165 Å². The number of hydrogen-bond acceptors (Lipinski definition) is 3. The molecule has 1 heterocycles. The fraction of sp³-hybridized carbons (Fsp3) is 0.938. The van der Waals surface area contributed by atoms with Crippen LogP contribution in [0.25, 0.3) is 0 Å². The molecule has 1 rings (SSSR count). The molecule has 0 aromatic rings. The molecular weight excluding hydrogens is 439 g/mol. The minimum atomic E-state index is -2.99. The number of halogens is 1. The van der Waals surface area contributed by atoms with Gasteiger partial charge in [-0.2, -0.15) is 0 Å². The van der Waals surface area contributed by atoms with E-state index in [1.165, 1.54) is 38.5 Å². The maximum absolute atomic E-state index is 11.7. The van der Waals surface area contributed by atoms with Gasteiger partial charge in [-0.05, 0) is 12.8 Å². The number of nitrogens with one attached hydrogen (secondary N) is 2. The lowest BCUT2D eigenvalue weighted by Gasteiger charge is -2.16. The van der Waals surface area contributed by atoms with Crippen molar-refractivity contribution >= 4 is 40.0 Å². The number of rotatable bonds is 11. The highest BCUT2D eigenvalue weighted by Gasteiger charge is 2.27. The van der Waals surface area contributed by atoms with E-state index in [1.54, 1.807) is 11.4 Å². The Balaban J connectivity index is 0.00000529. The molecule has 0 amide bonds. The molecule has 1 saturated heterocycles. The Morgan fingerprint density at radius 2 is 1.67 bits per heavy atom. The Kier molecular flexibility index (Phi) is 14.1. The number of nitrogens with zero attached hydrogens (tertiary/aromatic N) is 2. The molecule has 0 aliphatic carbocycles. The van der Waals surface area contributed by atoms with Crippen molar-refractivity contribution in [3.05, 3.63) is 0 Å². The average Bonchev–Trinajstić information content (AvgIpc) is 2.86. The van der Waals surface area contributed by atoms with Crippen LogP contribution in [-0.2, 0) is 10.0 Å². The molecule has 144 valence electrons. The van der Waals surface area contributed by atoms with Crippen molar-refractivity contribution < 1.29 is 8.42 Å².